The summed E-state index contributed by atoms with van der Waals surface area (Å²) in [6.45, 7) is 6.41. The van der Waals surface area contributed by atoms with Crippen molar-refractivity contribution in [1.29, 1.82) is 0 Å². The number of aromatic hydroxyl groups is 1. The average Bonchev–Trinajstić information content (AvgIpc) is 2.79. The fourth-order valence-electron chi connectivity index (χ4n) is 3.67. The summed E-state index contributed by atoms with van der Waals surface area (Å²) in [6, 6.07) is 10.8. The van der Waals surface area contributed by atoms with Crippen molar-refractivity contribution in [3.63, 3.8) is 0 Å². The van der Waals surface area contributed by atoms with Gasteiger partial charge in [-0.2, -0.15) is 0 Å². The third-order valence-corrected chi connectivity index (χ3v) is 5.42. The first-order valence-corrected chi connectivity index (χ1v) is 10.9. The number of aryl methyl sites for hydroxylation is 1. The predicted molar refractivity (Wildman–Crippen MR) is 127 cm³/mol. The fourth-order valence-corrected chi connectivity index (χ4v) is 3.67. The van der Waals surface area contributed by atoms with Crippen LogP contribution in [0.2, 0.25) is 0 Å². The number of hydrogen-bond donors (Lipinski definition) is 3. The van der Waals surface area contributed by atoms with Crippen molar-refractivity contribution in [3.8, 4) is 5.75 Å². The maximum absolute atomic E-state index is 12.7. The quantitative estimate of drug-likeness (QED) is 0.484. The van der Waals surface area contributed by atoms with Gasteiger partial charge in [0, 0.05) is 37.3 Å². The van der Waals surface area contributed by atoms with Crippen molar-refractivity contribution >= 4 is 28.4 Å². The van der Waals surface area contributed by atoms with Gasteiger partial charge >= 0.3 is 5.69 Å². The van der Waals surface area contributed by atoms with Crippen LogP contribution in [0.4, 0.5) is 5.69 Å². The lowest BCUT2D eigenvalue weighted by molar-refractivity contribution is -0.116. The molecule has 1 aromatic heterocycles. The van der Waals surface area contributed by atoms with E-state index >= 15 is 0 Å². The van der Waals surface area contributed by atoms with Crippen LogP contribution in [0, 0.1) is 5.92 Å². The Kier molecular flexibility index (Phi) is 7.32. The topological polar surface area (TPSA) is 122 Å². The number of hydrogen-bond acceptors (Lipinski definition) is 5. The van der Waals surface area contributed by atoms with Gasteiger partial charge in [0.25, 0.3) is 11.5 Å². The van der Waals surface area contributed by atoms with Gasteiger partial charge in [0.15, 0.2) is 0 Å². The Bertz CT molecular complexity index is 1290. The SMILES string of the molecule is CCn1c(=O)c2cc(NC(=O)CC(C)CNC(=O)c3ccc(O)cc3)ccc2n(CC)c1=O. The Balaban J connectivity index is 1.66. The highest BCUT2D eigenvalue weighted by molar-refractivity contribution is 5.95. The lowest BCUT2D eigenvalue weighted by Gasteiger charge is -2.14. The van der Waals surface area contributed by atoms with Gasteiger partial charge in [0.2, 0.25) is 5.91 Å². The number of aromatic nitrogens is 2. The fraction of sp³-hybridized carbons (Fsp3) is 0.333. The Morgan fingerprint density at radius 3 is 2.30 bits per heavy atom. The van der Waals surface area contributed by atoms with Crippen LogP contribution in [0.5, 0.6) is 5.75 Å². The van der Waals surface area contributed by atoms with Gasteiger partial charge in [-0.3, -0.25) is 23.5 Å². The van der Waals surface area contributed by atoms with E-state index in [9.17, 15) is 24.3 Å². The molecule has 0 bridgehead atoms. The van der Waals surface area contributed by atoms with Crippen LogP contribution < -0.4 is 21.9 Å². The summed E-state index contributed by atoms with van der Waals surface area (Å²) < 4.78 is 2.71. The molecule has 0 saturated heterocycles. The molecular formula is C24H28N4O5. The van der Waals surface area contributed by atoms with E-state index in [2.05, 4.69) is 10.6 Å². The van der Waals surface area contributed by atoms with E-state index in [1.54, 1.807) is 25.1 Å². The zero-order valence-electron chi connectivity index (χ0n) is 18.9. The van der Waals surface area contributed by atoms with Crippen molar-refractivity contribution in [3.05, 3.63) is 68.9 Å². The molecule has 9 nitrogen and oxygen atoms in total. The van der Waals surface area contributed by atoms with Gasteiger partial charge in [-0.15, -0.1) is 0 Å². The smallest absolute Gasteiger partial charge is 0.331 e. The molecule has 1 unspecified atom stereocenters. The molecule has 3 aromatic rings. The molecule has 2 amide bonds. The maximum atomic E-state index is 12.7. The van der Waals surface area contributed by atoms with E-state index in [0.717, 1.165) is 0 Å². The van der Waals surface area contributed by atoms with Crippen molar-refractivity contribution in [2.24, 2.45) is 5.92 Å². The minimum Gasteiger partial charge on any atom is -0.508 e. The van der Waals surface area contributed by atoms with Gasteiger partial charge in [-0.1, -0.05) is 6.92 Å². The average molecular weight is 453 g/mol. The number of phenols is 1. The first-order valence-electron chi connectivity index (χ1n) is 10.9. The first-order chi connectivity index (χ1) is 15.7. The van der Waals surface area contributed by atoms with Crippen LogP contribution in [0.1, 0.15) is 37.6 Å². The highest BCUT2D eigenvalue weighted by atomic mass is 16.3. The Morgan fingerprint density at radius 2 is 1.67 bits per heavy atom. The van der Waals surface area contributed by atoms with Crippen LogP contribution in [-0.4, -0.2) is 32.6 Å². The zero-order chi connectivity index (χ0) is 24.1. The largest absolute Gasteiger partial charge is 0.508 e. The molecule has 1 heterocycles. The summed E-state index contributed by atoms with van der Waals surface area (Å²) in [5.74, 6) is -0.586. The Morgan fingerprint density at radius 1 is 1.00 bits per heavy atom. The zero-order valence-corrected chi connectivity index (χ0v) is 18.9. The summed E-state index contributed by atoms with van der Waals surface area (Å²) in [5, 5.41) is 15.2. The van der Waals surface area contributed by atoms with E-state index in [0.29, 0.717) is 35.2 Å². The predicted octanol–water partition coefficient (Wildman–Crippen LogP) is 2.30. The van der Waals surface area contributed by atoms with Crippen LogP contribution in [0.25, 0.3) is 10.9 Å². The van der Waals surface area contributed by atoms with E-state index in [1.807, 2.05) is 13.8 Å². The van der Waals surface area contributed by atoms with Gasteiger partial charge in [0.1, 0.15) is 5.75 Å². The second-order valence-corrected chi connectivity index (χ2v) is 7.92. The third-order valence-electron chi connectivity index (χ3n) is 5.42. The van der Waals surface area contributed by atoms with Gasteiger partial charge in [-0.05, 0) is 62.2 Å². The molecule has 3 N–H and O–H groups in total. The van der Waals surface area contributed by atoms with Crippen LogP contribution in [0.3, 0.4) is 0 Å². The highest BCUT2D eigenvalue weighted by Gasteiger charge is 2.15. The lowest BCUT2D eigenvalue weighted by Crippen LogP contribution is -2.39. The monoisotopic (exact) mass is 452 g/mol. The number of rotatable bonds is 8. The van der Waals surface area contributed by atoms with Crippen LogP contribution >= 0.6 is 0 Å². The third kappa shape index (κ3) is 5.31. The van der Waals surface area contributed by atoms with Crippen LogP contribution in [-0.2, 0) is 17.9 Å². The Labute approximate surface area is 190 Å². The molecule has 0 aliphatic carbocycles. The van der Waals surface area contributed by atoms with Crippen molar-refractivity contribution in [1.82, 2.24) is 14.5 Å². The minimum atomic E-state index is -0.386. The summed E-state index contributed by atoms with van der Waals surface area (Å²) in [4.78, 5) is 49.9. The van der Waals surface area contributed by atoms with E-state index < -0.39 is 0 Å². The minimum absolute atomic E-state index is 0.0804. The second kappa shape index (κ2) is 10.2. The van der Waals surface area contributed by atoms with Crippen LogP contribution in [0.15, 0.2) is 52.1 Å². The molecule has 3 rings (SSSR count). The summed E-state index contributed by atoms with van der Waals surface area (Å²) in [6.07, 6.45) is 0.168. The number of phenolic OH excluding ortho intramolecular Hbond substituents is 1. The molecule has 0 radical (unpaired) electrons. The van der Waals surface area contributed by atoms with Gasteiger partial charge in [0.05, 0.1) is 10.9 Å². The molecule has 0 aliphatic heterocycles. The van der Waals surface area contributed by atoms with Crippen molar-refractivity contribution in [2.75, 3.05) is 11.9 Å². The number of amides is 2. The second-order valence-electron chi connectivity index (χ2n) is 7.92. The number of carbonyl (C=O) groups excluding carboxylic acids is 2. The molecule has 0 spiro atoms. The number of benzene rings is 2. The lowest BCUT2D eigenvalue weighted by atomic mass is 10.1. The van der Waals surface area contributed by atoms with Gasteiger partial charge in [-0.25, -0.2) is 4.79 Å². The number of nitrogens with zero attached hydrogens (tertiary/aromatic N) is 2. The molecule has 9 heteroatoms. The van der Waals surface area contributed by atoms with E-state index in [1.165, 1.54) is 33.4 Å². The molecule has 0 aliphatic rings. The van der Waals surface area contributed by atoms with E-state index in [4.69, 9.17) is 0 Å². The molecule has 174 valence electrons. The molecule has 33 heavy (non-hydrogen) atoms. The highest BCUT2D eigenvalue weighted by Crippen LogP contribution is 2.17. The molecule has 0 saturated carbocycles. The maximum Gasteiger partial charge on any atom is 0.331 e. The Hall–Kier alpha value is -3.88. The van der Waals surface area contributed by atoms with E-state index in [-0.39, 0.29) is 47.7 Å². The molecule has 1 atom stereocenters. The normalized spacial score (nSPS) is 11.8. The first kappa shape index (κ1) is 23.8. The summed E-state index contributed by atoms with van der Waals surface area (Å²) >= 11 is 0. The van der Waals surface area contributed by atoms with Crippen molar-refractivity contribution < 1.29 is 14.7 Å². The molecular weight excluding hydrogens is 424 g/mol. The number of fused-ring (bicyclic) bond motifs is 1. The number of carbonyl (C=O) groups is 2. The standard InChI is InChI=1S/C24H28N4O5/c1-4-27-20-11-8-17(13-19(20)23(32)28(5-2)24(27)33)26-21(30)12-15(3)14-25-22(31)16-6-9-18(29)10-7-16/h6-11,13,15,29H,4-5,12,14H2,1-3H3,(H,25,31)(H,26,30). The number of anilines is 1. The molecule has 2 aromatic carbocycles. The summed E-state index contributed by atoms with van der Waals surface area (Å²) in [5.41, 5.74) is 0.680. The van der Waals surface area contributed by atoms with Gasteiger partial charge < -0.3 is 15.7 Å². The van der Waals surface area contributed by atoms with Crippen molar-refractivity contribution in [2.45, 2.75) is 40.3 Å². The summed E-state index contributed by atoms with van der Waals surface area (Å²) in [7, 11) is 0. The molecule has 0 fully saturated rings. The number of nitrogens with one attached hydrogen (secondary N) is 2.